The summed E-state index contributed by atoms with van der Waals surface area (Å²) in [4.78, 5) is 0.127. The van der Waals surface area contributed by atoms with E-state index >= 15 is 0 Å². The molecule has 0 atom stereocenters. The highest BCUT2D eigenvalue weighted by atomic mass is 32.2. The van der Waals surface area contributed by atoms with Crippen LogP contribution in [0.1, 0.15) is 22.5 Å². The van der Waals surface area contributed by atoms with Gasteiger partial charge in [0.25, 0.3) is 10.0 Å². The smallest absolute Gasteiger partial charge is 0.265 e. The summed E-state index contributed by atoms with van der Waals surface area (Å²) in [6.45, 7) is 5.03. The van der Waals surface area contributed by atoms with Gasteiger partial charge in [-0.1, -0.05) is 42.5 Å². The Balaban J connectivity index is 1.49. The van der Waals surface area contributed by atoms with Gasteiger partial charge in [-0.25, -0.2) is 8.42 Å². The standard InChI is InChI=1S/C22H23N5O2S/c1-17-11-18(2)27(24-17)15-20-9-6-10-21(12-20)25-30(28,29)22-13-23-26(16-22)14-19-7-4-3-5-8-19/h3-13,16,25H,14-15H2,1-2H3. The van der Waals surface area contributed by atoms with E-state index in [-0.39, 0.29) is 4.90 Å². The van der Waals surface area contributed by atoms with Gasteiger partial charge in [0.2, 0.25) is 0 Å². The zero-order chi connectivity index (χ0) is 21.1. The number of aryl methyl sites for hydroxylation is 2. The quantitative estimate of drug-likeness (QED) is 0.494. The fourth-order valence-corrected chi connectivity index (χ4v) is 4.30. The normalized spacial score (nSPS) is 11.5. The minimum absolute atomic E-state index is 0.127. The van der Waals surface area contributed by atoms with Gasteiger partial charge in [-0.05, 0) is 43.2 Å². The SMILES string of the molecule is Cc1cc(C)n(Cc2cccc(NS(=O)(=O)c3cnn(Cc4ccccc4)c3)c2)n1. The first-order valence-electron chi connectivity index (χ1n) is 9.58. The van der Waals surface area contributed by atoms with Crippen LogP contribution in [0.25, 0.3) is 0 Å². The maximum absolute atomic E-state index is 12.8. The van der Waals surface area contributed by atoms with E-state index in [1.54, 1.807) is 10.7 Å². The van der Waals surface area contributed by atoms with Gasteiger partial charge in [0.15, 0.2) is 0 Å². The number of nitrogens with zero attached hydrogens (tertiary/aromatic N) is 4. The van der Waals surface area contributed by atoms with Gasteiger partial charge in [0.1, 0.15) is 4.90 Å². The lowest BCUT2D eigenvalue weighted by molar-refractivity contribution is 0.600. The highest BCUT2D eigenvalue weighted by Gasteiger charge is 2.17. The highest BCUT2D eigenvalue weighted by Crippen LogP contribution is 2.18. The first kappa shape index (κ1) is 19.9. The Morgan fingerprint density at radius 3 is 2.43 bits per heavy atom. The molecule has 0 spiro atoms. The molecular weight excluding hydrogens is 398 g/mol. The van der Waals surface area contributed by atoms with Crippen LogP contribution >= 0.6 is 0 Å². The average Bonchev–Trinajstić information content (AvgIpc) is 3.29. The zero-order valence-electron chi connectivity index (χ0n) is 16.9. The van der Waals surface area contributed by atoms with Crippen LogP contribution in [-0.4, -0.2) is 28.0 Å². The molecule has 0 aliphatic carbocycles. The van der Waals surface area contributed by atoms with Crippen molar-refractivity contribution in [1.29, 1.82) is 0 Å². The Labute approximate surface area is 176 Å². The van der Waals surface area contributed by atoms with Crippen molar-refractivity contribution in [3.63, 3.8) is 0 Å². The van der Waals surface area contributed by atoms with E-state index in [0.717, 1.165) is 22.5 Å². The molecule has 0 fully saturated rings. The van der Waals surface area contributed by atoms with E-state index in [1.807, 2.05) is 73.1 Å². The number of sulfonamides is 1. The van der Waals surface area contributed by atoms with Gasteiger partial charge in [0.05, 0.1) is 25.0 Å². The molecule has 2 heterocycles. The summed E-state index contributed by atoms with van der Waals surface area (Å²) in [5, 5.41) is 8.65. The molecule has 0 saturated heterocycles. The largest absolute Gasteiger partial charge is 0.280 e. The van der Waals surface area contributed by atoms with E-state index in [9.17, 15) is 8.42 Å². The third-order valence-electron chi connectivity index (χ3n) is 4.72. The van der Waals surface area contributed by atoms with Crippen LogP contribution in [0.4, 0.5) is 5.69 Å². The Kier molecular flexibility index (Phi) is 5.41. The summed E-state index contributed by atoms with van der Waals surface area (Å²) in [5.74, 6) is 0. The third-order valence-corrected chi connectivity index (χ3v) is 6.06. The molecule has 2 aromatic heterocycles. The van der Waals surface area contributed by atoms with Crippen LogP contribution < -0.4 is 4.72 Å². The number of hydrogen-bond acceptors (Lipinski definition) is 4. The molecule has 7 nitrogen and oxygen atoms in total. The summed E-state index contributed by atoms with van der Waals surface area (Å²) in [6, 6.07) is 19.1. The van der Waals surface area contributed by atoms with E-state index in [1.165, 1.54) is 12.4 Å². The van der Waals surface area contributed by atoms with Gasteiger partial charge in [-0.2, -0.15) is 10.2 Å². The Bertz CT molecular complexity index is 1260. The van der Waals surface area contributed by atoms with Crippen LogP contribution in [0.5, 0.6) is 0 Å². The molecule has 0 unspecified atom stereocenters. The third kappa shape index (κ3) is 4.60. The Morgan fingerprint density at radius 1 is 0.933 bits per heavy atom. The van der Waals surface area contributed by atoms with Crippen molar-refractivity contribution in [3.8, 4) is 0 Å². The summed E-state index contributed by atoms with van der Waals surface area (Å²) < 4.78 is 31.8. The molecule has 154 valence electrons. The molecule has 0 aliphatic heterocycles. The fourth-order valence-electron chi connectivity index (χ4n) is 3.30. The van der Waals surface area contributed by atoms with Crippen LogP contribution in [0, 0.1) is 13.8 Å². The van der Waals surface area contributed by atoms with Crippen LogP contribution in [0.15, 0.2) is 78.0 Å². The zero-order valence-corrected chi connectivity index (χ0v) is 17.7. The summed E-state index contributed by atoms with van der Waals surface area (Å²) in [6.07, 6.45) is 2.90. The number of anilines is 1. The van der Waals surface area contributed by atoms with Gasteiger partial charge in [-0.15, -0.1) is 0 Å². The van der Waals surface area contributed by atoms with Crippen molar-refractivity contribution < 1.29 is 8.42 Å². The minimum atomic E-state index is -3.73. The number of aromatic nitrogens is 4. The molecule has 4 aromatic rings. The van der Waals surface area contributed by atoms with Crippen molar-refractivity contribution in [2.45, 2.75) is 31.8 Å². The van der Waals surface area contributed by atoms with Gasteiger partial charge in [0, 0.05) is 17.6 Å². The number of hydrogen-bond donors (Lipinski definition) is 1. The number of rotatable bonds is 7. The second kappa shape index (κ2) is 8.16. The molecule has 1 N–H and O–H groups in total. The van der Waals surface area contributed by atoms with Crippen molar-refractivity contribution in [3.05, 3.63) is 95.6 Å². The molecule has 0 aliphatic rings. The van der Waals surface area contributed by atoms with E-state index in [4.69, 9.17) is 0 Å². The van der Waals surface area contributed by atoms with Crippen molar-refractivity contribution in [2.24, 2.45) is 0 Å². The number of nitrogens with one attached hydrogen (secondary N) is 1. The molecule has 30 heavy (non-hydrogen) atoms. The second-order valence-corrected chi connectivity index (χ2v) is 8.93. The topological polar surface area (TPSA) is 81.8 Å². The van der Waals surface area contributed by atoms with Crippen LogP contribution in [0.3, 0.4) is 0 Å². The summed E-state index contributed by atoms with van der Waals surface area (Å²) in [5.41, 5.74) is 4.53. The molecule has 8 heteroatoms. The van der Waals surface area contributed by atoms with Crippen molar-refractivity contribution in [2.75, 3.05) is 4.72 Å². The lowest BCUT2D eigenvalue weighted by atomic mass is 10.2. The van der Waals surface area contributed by atoms with Crippen molar-refractivity contribution in [1.82, 2.24) is 19.6 Å². The molecule has 0 radical (unpaired) electrons. The molecular formula is C22H23N5O2S. The monoisotopic (exact) mass is 421 g/mol. The first-order chi connectivity index (χ1) is 14.4. The Morgan fingerprint density at radius 2 is 1.70 bits per heavy atom. The minimum Gasteiger partial charge on any atom is -0.280 e. The Hall–Kier alpha value is -3.39. The van der Waals surface area contributed by atoms with E-state index < -0.39 is 10.0 Å². The molecule has 0 bridgehead atoms. The lowest BCUT2D eigenvalue weighted by Gasteiger charge is -2.09. The molecule has 0 amide bonds. The van der Waals surface area contributed by atoms with Gasteiger partial charge < -0.3 is 0 Å². The van der Waals surface area contributed by atoms with Crippen LogP contribution in [0.2, 0.25) is 0 Å². The lowest BCUT2D eigenvalue weighted by Crippen LogP contribution is -2.13. The molecule has 4 rings (SSSR count). The summed E-state index contributed by atoms with van der Waals surface area (Å²) >= 11 is 0. The molecule has 2 aromatic carbocycles. The highest BCUT2D eigenvalue weighted by molar-refractivity contribution is 7.92. The average molecular weight is 422 g/mol. The number of benzene rings is 2. The predicted molar refractivity (Wildman–Crippen MR) is 116 cm³/mol. The van der Waals surface area contributed by atoms with E-state index in [2.05, 4.69) is 14.9 Å². The van der Waals surface area contributed by atoms with Gasteiger partial charge >= 0.3 is 0 Å². The fraction of sp³-hybridized carbons (Fsp3) is 0.182. The first-order valence-corrected chi connectivity index (χ1v) is 11.1. The van der Waals surface area contributed by atoms with Crippen LogP contribution in [-0.2, 0) is 23.1 Å². The second-order valence-electron chi connectivity index (χ2n) is 7.25. The molecule has 0 saturated carbocycles. The van der Waals surface area contributed by atoms with E-state index in [0.29, 0.717) is 18.8 Å². The van der Waals surface area contributed by atoms with Gasteiger partial charge in [-0.3, -0.25) is 14.1 Å². The maximum atomic E-state index is 12.8. The maximum Gasteiger partial charge on any atom is 0.265 e. The predicted octanol–water partition coefficient (Wildman–Crippen LogP) is 3.59. The van der Waals surface area contributed by atoms with Crippen molar-refractivity contribution >= 4 is 15.7 Å². The summed E-state index contributed by atoms with van der Waals surface area (Å²) in [7, 11) is -3.73.